The van der Waals surface area contributed by atoms with Crippen LogP contribution in [0.4, 0.5) is 10.1 Å². The van der Waals surface area contributed by atoms with Crippen molar-refractivity contribution in [3.63, 3.8) is 0 Å². The van der Waals surface area contributed by atoms with Gasteiger partial charge in [-0.3, -0.25) is 10.1 Å². The lowest BCUT2D eigenvalue weighted by atomic mass is 10.1. The number of nitrogens with one attached hydrogen (secondary N) is 2. The molecule has 0 saturated carbocycles. The lowest BCUT2D eigenvalue weighted by Gasteiger charge is -2.13. The van der Waals surface area contributed by atoms with Crippen molar-refractivity contribution in [1.29, 1.82) is 0 Å². The summed E-state index contributed by atoms with van der Waals surface area (Å²) in [7, 11) is 0. The topological polar surface area (TPSA) is 80.0 Å². The minimum absolute atomic E-state index is 0.0961. The van der Waals surface area contributed by atoms with Crippen LogP contribution in [0.3, 0.4) is 0 Å². The summed E-state index contributed by atoms with van der Waals surface area (Å²) in [5, 5.41) is 5.63. The third kappa shape index (κ3) is 3.97. The standard InChI is InChI=1S/C21H15FN4O2S/c1-12-15(20-25-18-17(28-20)9-4-10-23-18)7-3-8-16(12)24-21(29)26-19(27)13-5-2-6-14(22)11-13/h2-11H,1H3,(H2,24,26,27,29). The number of benzene rings is 2. The number of amides is 1. The number of aromatic nitrogens is 2. The summed E-state index contributed by atoms with van der Waals surface area (Å²) >= 11 is 5.23. The van der Waals surface area contributed by atoms with Crippen LogP contribution in [-0.2, 0) is 0 Å². The molecule has 8 heteroatoms. The highest BCUT2D eigenvalue weighted by Crippen LogP contribution is 2.29. The van der Waals surface area contributed by atoms with Crippen molar-refractivity contribution in [2.24, 2.45) is 0 Å². The molecule has 29 heavy (non-hydrogen) atoms. The third-order valence-corrected chi connectivity index (χ3v) is 4.50. The number of hydrogen-bond donors (Lipinski definition) is 2. The number of thiocarbonyl (C=S) groups is 1. The summed E-state index contributed by atoms with van der Waals surface area (Å²) in [4.78, 5) is 20.8. The molecule has 0 aliphatic carbocycles. The summed E-state index contributed by atoms with van der Waals surface area (Å²) in [6.45, 7) is 1.89. The molecule has 6 nitrogen and oxygen atoms in total. The number of carbonyl (C=O) groups excluding carboxylic acids is 1. The summed E-state index contributed by atoms with van der Waals surface area (Å²) in [5.74, 6) is -0.553. The SMILES string of the molecule is Cc1c(NC(=S)NC(=O)c2cccc(F)c2)cccc1-c1nc2ncccc2o1. The van der Waals surface area contributed by atoms with E-state index in [0.29, 0.717) is 22.8 Å². The van der Waals surface area contributed by atoms with Crippen molar-refractivity contribution in [3.8, 4) is 11.5 Å². The Balaban J connectivity index is 1.54. The number of fused-ring (bicyclic) bond motifs is 1. The number of anilines is 1. The molecule has 4 rings (SSSR count). The highest BCUT2D eigenvalue weighted by molar-refractivity contribution is 7.80. The van der Waals surface area contributed by atoms with Gasteiger partial charge in [-0.05, 0) is 67.2 Å². The fourth-order valence-electron chi connectivity index (χ4n) is 2.85. The molecule has 0 radical (unpaired) electrons. The van der Waals surface area contributed by atoms with Crippen molar-refractivity contribution in [2.45, 2.75) is 6.92 Å². The van der Waals surface area contributed by atoms with E-state index in [4.69, 9.17) is 16.6 Å². The summed E-state index contributed by atoms with van der Waals surface area (Å²) < 4.78 is 19.1. The maximum Gasteiger partial charge on any atom is 0.257 e. The van der Waals surface area contributed by atoms with E-state index in [0.717, 1.165) is 17.2 Å². The van der Waals surface area contributed by atoms with Crippen molar-refractivity contribution in [2.75, 3.05) is 5.32 Å². The Labute approximate surface area is 170 Å². The molecule has 0 aliphatic heterocycles. The summed E-state index contributed by atoms with van der Waals surface area (Å²) in [6.07, 6.45) is 1.65. The van der Waals surface area contributed by atoms with Crippen LogP contribution in [0, 0.1) is 12.7 Å². The van der Waals surface area contributed by atoms with Gasteiger partial charge in [0.15, 0.2) is 16.3 Å². The Morgan fingerprint density at radius 2 is 1.97 bits per heavy atom. The van der Waals surface area contributed by atoms with Crippen LogP contribution >= 0.6 is 12.2 Å². The smallest absolute Gasteiger partial charge is 0.257 e. The molecule has 0 spiro atoms. The van der Waals surface area contributed by atoms with E-state index >= 15 is 0 Å². The number of rotatable bonds is 3. The van der Waals surface area contributed by atoms with Gasteiger partial charge in [0.25, 0.3) is 5.91 Å². The van der Waals surface area contributed by atoms with Gasteiger partial charge in [-0.25, -0.2) is 9.37 Å². The molecule has 4 aromatic rings. The van der Waals surface area contributed by atoms with Crippen LogP contribution in [0.2, 0.25) is 0 Å². The Hall–Kier alpha value is -3.65. The zero-order chi connectivity index (χ0) is 20.4. The first kappa shape index (κ1) is 18.7. The Bertz CT molecular complexity index is 1210. The number of pyridine rings is 1. The molecule has 2 heterocycles. The van der Waals surface area contributed by atoms with Crippen molar-refractivity contribution < 1.29 is 13.6 Å². The molecule has 0 fully saturated rings. The largest absolute Gasteiger partial charge is 0.434 e. The Morgan fingerprint density at radius 1 is 1.14 bits per heavy atom. The number of carbonyl (C=O) groups is 1. The maximum atomic E-state index is 13.3. The maximum absolute atomic E-state index is 13.3. The summed E-state index contributed by atoms with van der Waals surface area (Å²) in [5.41, 5.74) is 3.59. The van der Waals surface area contributed by atoms with Gasteiger partial charge in [0.1, 0.15) is 5.82 Å². The summed E-state index contributed by atoms with van der Waals surface area (Å²) in [6, 6.07) is 14.5. The molecule has 2 aromatic heterocycles. The third-order valence-electron chi connectivity index (χ3n) is 4.29. The van der Waals surface area contributed by atoms with Gasteiger partial charge >= 0.3 is 0 Å². The van der Waals surface area contributed by atoms with Crippen LogP contribution < -0.4 is 10.6 Å². The first-order chi connectivity index (χ1) is 14.0. The average Bonchev–Trinajstić information content (AvgIpc) is 3.13. The van der Waals surface area contributed by atoms with Gasteiger partial charge < -0.3 is 9.73 Å². The molecule has 0 atom stereocenters. The van der Waals surface area contributed by atoms with Crippen LogP contribution in [0.1, 0.15) is 15.9 Å². The molecular weight excluding hydrogens is 391 g/mol. The lowest BCUT2D eigenvalue weighted by molar-refractivity contribution is 0.0977. The predicted octanol–water partition coefficient (Wildman–Crippen LogP) is 4.46. The number of halogens is 1. The first-order valence-electron chi connectivity index (χ1n) is 8.71. The van der Waals surface area contributed by atoms with E-state index in [1.165, 1.54) is 18.2 Å². The van der Waals surface area contributed by atoms with Crippen LogP contribution in [0.5, 0.6) is 0 Å². The van der Waals surface area contributed by atoms with E-state index in [9.17, 15) is 9.18 Å². The van der Waals surface area contributed by atoms with Crippen molar-refractivity contribution in [3.05, 3.63) is 77.7 Å². The second-order valence-corrected chi connectivity index (χ2v) is 6.65. The second kappa shape index (κ2) is 7.76. The van der Waals surface area contributed by atoms with E-state index in [2.05, 4.69) is 20.6 Å². The zero-order valence-electron chi connectivity index (χ0n) is 15.3. The molecule has 2 N–H and O–H groups in total. The van der Waals surface area contributed by atoms with Crippen LogP contribution in [0.25, 0.3) is 22.7 Å². The monoisotopic (exact) mass is 406 g/mol. The van der Waals surface area contributed by atoms with Crippen molar-refractivity contribution >= 4 is 40.2 Å². The molecule has 0 unspecified atom stereocenters. The average molecular weight is 406 g/mol. The fraction of sp³-hybridized carbons (Fsp3) is 0.0476. The highest BCUT2D eigenvalue weighted by Gasteiger charge is 2.15. The normalized spacial score (nSPS) is 10.7. The predicted molar refractivity (Wildman–Crippen MR) is 112 cm³/mol. The molecular formula is C21H15FN4O2S. The minimum Gasteiger partial charge on any atom is -0.434 e. The van der Waals surface area contributed by atoms with E-state index in [1.54, 1.807) is 18.3 Å². The van der Waals surface area contributed by atoms with Gasteiger partial charge in [-0.2, -0.15) is 4.98 Å². The molecule has 1 amide bonds. The quantitative estimate of drug-likeness (QED) is 0.489. The number of nitrogens with zero attached hydrogens (tertiary/aromatic N) is 2. The Kier molecular flexibility index (Phi) is 5.01. The number of hydrogen-bond acceptors (Lipinski definition) is 5. The molecule has 144 valence electrons. The van der Waals surface area contributed by atoms with Crippen LogP contribution in [-0.4, -0.2) is 21.0 Å². The van der Waals surface area contributed by atoms with Gasteiger partial charge in [0.2, 0.25) is 5.89 Å². The van der Waals surface area contributed by atoms with E-state index < -0.39 is 11.7 Å². The van der Waals surface area contributed by atoms with E-state index in [-0.39, 0.29) is 10.7 Å². The molecule has 0 aliphatic rings. The number of oxazole rings is 1. The zero-order valence-corrected chi connectivity index (χ0v) is 16.1. The first-order valence-corrected chi connectivity index (χ1v) is 9.11. The van der Waals surface area contributed by atoms with Gasteiger partial charge in [-0.1, -0.05) is 12.1 Å². The minimum atomic E-state index is -0.499. The molecule has 0 saturated heterocycles. The van der Waals surface area contributed by atoms with Gasteiger partial charge in [0, 0.05) is 23.0 Å². The molecule has 0 bridgehead atoms. The fourth-order valence-corrected chi connectivity index (χ4v) is 3.05. The van der Waals surface area contributed by atoms with Crippen molar-refractivity contribution in [1.82, 2.24) is 15.3 Å². The second-order valence-electron chi connectivity index (χ2n) is 6.24. The van der Waals surface area contributed by atoms with Crippen LogP contribution in [0.15, 0.2) is 65.2 Å². The molecule has 2 aromatic carbocycles. The van der Waals surface area contributed by atoms with Gasteiger partial charge in [-0.15, -0.1) is 0 Å². The van der Waals surface area contributed by atoms with Gasteiger partial charge in [0.05, 0.1) is 0 Å². The highest BCUT2D eigenvalue weighted by atomic mass is 32.1. The lowest BCUT2D eigenvalue weighted by Crippen LogP contribution is -2.34. The Morgan fingerprint density at radius 3 is 2.76 bits per heavy atom. The van der Waals surface area contributed by atoms with E-state index in [1.807, 2.05) is 25.1 Å².